The molecule has 2 heterocycles. The van der Waals surface area contributed by atoms with Gasteiger partial charge in [0.25, 0.3) is 5.91 Å². The van der Waals surface area contributed by atoms with Crippen molar-refractivity contribution in [3.05, 3.63) is 34.7 Å². The number of ether oxygens (including phenoxy) is 1. The molecule has 2 saturated heterocycles. The van der Waals surface area contributed by atoms with Crippen LogP contribution in [0.5, 0.6) is 0 Å². The van der Waals surface area contributed by atoms with E-state index in [-0.39, 0.29) is 22.6 Å². The third-order valence-electron chi connectivity index (χ3n) is 4.03. The van der Waals surface area contributed by atoms with Crippen LogP contribution in [0.4, 0.5) is 13.2 Å². The molecule has 0 bridgehead atoms. The standard InChI is InChI=1S/C17H17F3N2O2S3/c18-17(19,20)27-13-3-1-12(2-4-13)11-14-15(23)22(16(25)26-14)6-5-21-7-9-24-10-8-21/h1-4,11H,5-10H2/b14-11+. The number of nitrogens with zero attached hydrogens (tertiary/aromatic N) is 2. The first-order valence-electron chi connectivity index (χ1n) is 8.23. The number of carbonyl (C=O) groups excluding carboxylic acids is 1. The van der Waals surface area contributed by atoms with Gasteiger partial charge in [-0.05, 0) is 35.5 Å². The topological polar surface area (TPSA) is 32.8 Å². The summed E-state index contributed by atoms with van der Waals surface area (Å²) >= 11 is 6.37. The highest BCUT2D eigenvalue weighted by molar-refractivity contribution is 8.26. The third kappa shape index (κ3) is 5.95. The Bertz CT molecular complexity index is 732. The maximum atomic E-state index is 12.6. The summed E-state index contributed by atoms with van der Waals surface area (Å²) < 4.78 is 43.0. The molecule has 0 aromatic heterocycles. The molecule has 1 aromatic rings. The van der Waals surface area contributed by atoms with Crippen LogP contribution in [-0.4, -0.2) is 64.9 Å². The van der Waals surface area contributed by atoms with E-state index in [1.54, 1.807) is 23.1 Å². The number of alkyl halides is 3. The summed E-state index contributed by atoms with van der Waals surface area (Å²) in [5.74, 6) is -0.160. The van der Waals surface area contributed by atoms with E-state index in [0.717, 1.165) is 19.6 Å². The van der Waals surface area contributed by atoms with Crippen LogP contribution in [0.15, 0.2) is 34.1 Å². The molecule has 3 rings (SSSR count). The SMILES string of the molecule is O=C1/C(=C\c2ccc(SC(F)(F)F)cc2)SC(=S)N1CCN1CCOCC1. The largest absolute Gasteiger partial charge is 0.446 e. The molecule has 0 spiro atoms. The van der Waals surface area contributed by atoms with Crippen molar-refractivity contribution in [2.24, 2.45) is 0 Å². The summed E-state index contributed by atoms with van der Waals surface area (Å²) in [6.07, 6.45) is 1.66. The van der Waals surface area contributed by atoms with Crippen LogP contribution >= 0.6 is 35.7 Å². The molecule has 4 nitrogen and oxygen atoms in total. The highest BCUT2D eigenvalue weighted by atomic mass is 32.2. The lowest BCUT2D eigenvalue weighted by Crippen LogP contribution is -2.42. The number of morpholine rings is 1. The van der Waals surface area contributed by atoms with E-state index < -0.39 is 5.51 Å². The van der Waals surface area contributed by atoms with Gasteiger partial charge in [0.1, 0.15) is 4.32 Å². The highest BCUT2D eigenvalue weighted by Crippen LogP contribution is 2.37. The normalized spacial score (nSPS) is 20.7. The minimum absolute atomic E-state index is 0.109. The van der Waals surface area contributed by atoms with Gasteiger partial charge in [-0.15, -0.1) is 0 Å². The second kappa shape index (κ2) is 8.95. The number of hydrogen-bond donors (Lipinski definition) is 0. The first-order chi connectivity index (χ1) is 12.8. The molecule has 0 unspecified atom stereocenters. The number of hydrogen-bond acceptors (Lipinski definition) is 6. The molecule has 0 radical (unpaired) electrons. The van der Waals surface area contributed by atoms with Crippen LogP contribution < -0.4 is 0 Å². The van der Waals surface area contributed by atoms with Gasteiger partial charge in [0.15, 0.2) is 0 Å². The van der Waals surface area contributed by atoms with Crippen LogP contribution in [0.2, 0.25) is 0 Å². The predicted octanol–water partition coefficient (Wildman–Crippen LogP) is 3.83. The molecule has 0 N–H and O–H groups in total. The number of thiocarbonyl (C=S) groups is 1. The molecule has 0 aliphatic carbocycles. The molecule has 1 amide bonds. The van der Waals surface area contributed by atoms with Crippen LogP contribution in [0.25, 0.3) is 6.08 Å². The van der Waals surface area contributed by atoms with Crippen molar-refractivity contribution in [2.75, 3.05) is 39.4 Å². The molecule has 146 valence electrons. The molecular formula is C17H17F3N2O2S3. The number of carbonyl (C=O) groups is 1. The number of rotatable bonds is 5. The van der Waals surface area contributed by atoms with E-state index in [2.05, 4.69) is 4.90 Å². The van der Waals surface area contributed by atoms with Crippen LogP contribution in [0.1, 0.15) is 5.56 Å². The van der Waals surface area contributed by atoms with Gasteiger partial charge in [-0.2, -0.15) is 13.2 Å². The summed E-state index contributed by atoms with van der Waals surface area (Å²) in [4.78, 5) is 17.0. The second-order valence-corrected chi connectivity index (χ2v) is 8.72. The predicted molar refractivity (Wildman–Crippen MR) is 105 cm³/mol. The average Bonchev–Trinajstić information content (AvgIpc) is 2.88. The van der Waals surface area contributed by atoms with Gasteiger partial charge in [0.05, 0.1) is 18.1 Å². The molecule has 1 aromatic carbocycles. The average molecular weight is 435 g/mol. The fourth-order valence-corrected chi connectivity index (χ4v) is 4.52. The molecule has 2 aliphatic heterocycles. The lowest BCUT2D eigenvalue weighted by molar-refractivity contribution is -0.122. The zero-order valence-electron chi connectivity index (χ0n) is 14.2. The van der Waals surface area contributed by atoms with Crippen molar-refractivity contribution < 1.29 is 22.7 Å². The lowest BCUT2D eigenvalue weighted by atomic mass is 10.2. The maximum absolute atomic E-state index is 12.6. The van der Waals surface area contributed by atoms with Crippen LogP contribution in [0, 0.1) is 0 Å². The summed E-state index contributed by atoms with van der Waals surface area (Å²) in [5, 5.41) is 0. The van der Waals surface area contributed by atoms with Gasteiger partial charge >= 0.3 is 5.51 Å². The monoisotopic (exact) mass is 434 g/mol. The number of halogens is 3. The van der Waals surface area contributed by atoms with Crippen molar-refractivity contribution in [3.8, 4) is 0 Å². The Morgan fingerprint density at radius 2 is 1.85 bits per heavy atom. The van der Waals surface area contributed by atoms with Crippen molar-refractivity contribution in [3.63, 3.8) is 0 Å². The van der Waals surface area contributed by atoms with Crippen molar-refractivity contribution in [1.29, 1.82) is 0 Å². The molecule has 0 saturated carbocycles. The van der Waals surface area contributed by atoms with Crippen molar-refractivity contribution in [2.45, 2.75) is 10.4 Å². The summed E-state index contributed by atoms with van der Waals surface area (Å²) in [5.41, 5.74) is -3.65. The molecular weight excluding hydrogens is 417 g/mol. The van der Waals surface area contributed by atoms with E-state index >= 15 is 0 Å². The van der Waals surface area contributed by atoms with E-state index in [4.69, 9.17) is 17.0 Å². The summed E-state index contributed by atoms with van der Waals surface area (Å²) in [6.45, 7) is 4.32. The van der Waals surface area contributed by atoms with Gasteiger partial charge < -0.3 is 4.74 Å². The van der Waals surface area contributed by atoms with Gasteiger partial charge in [-0.25, -0.2) is 0 Å². The fraction of sp³-hybridized carbons (Fsp3) is 0.412. The zero-order valence-corrected chi connectivity index (χ0v) is 16.6. The Balaban J connectivity index is 1.61. The first kappa shape index (κ1) is 20.7. The van der Waals surface area contributed by atoms with E-state index in [0.29, 0.717) is 34.5 Å². The van der Waals surface area contributed by atoms with Crippen LogP contribution in [-0.2, 0) is 9.53 Å². The quantitative estimate of drug-likeness (QED) is 0.398. The molecule has 10 heteroatoms. The smallest absolute Gasteiger partial charge is 0.379 e. The van der Waals surface area contributed by atoms with Gasteiger partial charge in [-0.1, -0.05) is 36.1 Å². The Kier molecular flexibility index (Phi) is 6.85. The van der Waals surface area contributed by atoms with Crippen molar-refractivity contribution in [1.82, 2.24) is 9.80 Å². The Labute approximate surface area is 169 Å². The third-order valence-corrected chi connectivity index (χ3v) is 6.15. The number of benzene rings is 1. The maximum Gasteiger partial charge on any atom is 0.446 e. The molecule has 0 atom stereocenters. The minimum Gasteiger partial charge on any atom is -0.379 e. The Hall–Kier alpha value is -1.07. The molecule has 27 heavy (non-hydrogen) atoms. The van der Waals surface area contributed by atoms with E-state index in [1.807, 2.05) is 0 Å². The molecule has 2 fully saturated rings. The fourth-order valence-electron chi connectivity index (χ4n) is 2.68. The highest BCUT2D eigenvalue weighted by Gasteiger charge is 2.32. The first-order valence-corrected chi connectivity index (χ1v) is 10.3. The minimum atomic E-state index is -4.32. The summed E-state index contributed by atoms with van der Waals surface area (Å²) in [7, 11) is 0. The van der Waals surface area contributed by atoms with E-state index in [1.165, 1.54) is 23.9 Å². The second-order valence-electron chi connectivity index (χ2n) is 5.90. The van der Waals surface area contributed by atoms with Gasteiger partial charge in [-0.3, -0.25) is 14.6 Å². The Morgan fingerprint density at radius 3 is 2.48 bits per heavy atom. The zero-order chi connectivity index (χ0) is 19.4. The van der Waals surface area contributed by atoms with Gasteiger partial charge in [0.2, 0.25) is 0 Å². The number of amides is 1. The number of thioether (sulfide) groups is 2. The lowest BCUT2D eigenvalue weighted by Gasteiger charge is -2.28. The van der Waals surface area contributed by atoms with Crippen molar-refractivity contribution >= 4 is 52.0 Å². The van der Waals surface area contributed by atoms with E-state index in [9.17, 15) is 18.0 Å². The summed E-state index contributed by atoms with van der Waals surface area (Å²) in [6, 6.07) is 5.91. The van der Waals surface area contributed by atoms with Crippen LogP contribution in [0.3, 0.4) is 0 Å². The Morgan fingerprint density at radius 1 is 1.19 bits per heavy atom. The molecule has 2 aliphatic rings. The van der Waals surface area contributed by atoms with Gasteiger partial charge in [0, 0.05) is 31.1 Å².